The van der Waals surface area contributed by atoms with Crippen LogP contribution in [0.1, 0.15) is 43.2 Å². The van der Waals surface area contributed by atoms with E-state index in [0.29, 0.717) is 19.1 Å². The van der Waals surface area contributed by atoms with E-state index in [2.05, 4.69) is 43.0 Å². The maximum absolute atomic E-state index is 13.2. The van der Waals surface area contributed by atoms with Crippen molar-refractivity contribution in [1.82, 2.24) is 9.80 Å². The van der Waals surface area contributed by atoms with Crippen molar-refractivity contribution in [3.63, 3.8) is 0 Å². The first-order valence-corrected chi connectivity index (χ1v) is 9.22. The van der Waals surface area contributed by atoms with Crippen molar-refractivity contribution < 1.29 is 9.53 Å². The zero-order chi connectivity index (χ0) is 17.1. The number of rotatable bonds is 3. The molecule has 1 aliphatic heterocycles. The maximum Gasteiger partial charge on any atom is 0.226 e. The predicted octanol–water partition coefficient (Wildman–Crippen LogP) is 3.65. The highest BCUT2D eigenvalue weighted by Gasteiger charge is 2.33. The summed E-state index contributed by atoms with van der Waals surface area (Å²) in [6.45, 7) is 4.18. The Balaban J connectivity index is 0.00000225. The van der Waals surface area contributed by atoms with Crippen LogP contribution in [-0.2, 0) is 11.3 Å². The monoisotopic (exact) mass is 366 g/mol. The number of amides is 1. The fourth-order valence-corrected chi connectivity index (χ4v) is 3.98. The Hall–Kier alpha value is -1.26. The van der Waals surface area contributed by atoms with Gasteiger partial charge in [-0.3, -0.25) is 4.79 Å². The molecule has 25 heavy (non-hydrogen) atoms. The third-order valence-corrected chi connectivity index (χ3v) is 5.24. The zero-order valence-electron chi connectivity index (χ0n) is 15.7. The molecule has 1 aliphatic carbocycles. The van der Waals surface area contributed by atoms with E-state index in [4.69, 9.17) is 4.74 Å². The average molecular weight is 367 g/mol. The van der Waals surface area contributed by atoms with Gasteiger partial charge < -0.3 is 14.5 Å². The third-order valence-electron chi connectivity index (χ3n) is 5.24. The number of carbonyl (C=O) groups excluding carboxylic acids is 1. The first-order valence-electron chi connectivity index (χ1n) is 9.22. The van der Waals surface area contributed by atoms with Crippen molar-refractivity contribution in [1.29, 1.82) is 0 Å². The molecule has 140 valence electrons. The van der Waals surface area contributed by atoms with Crippen LogP contribution in [0.25, 0.3) is 0 Å². The van der Waals surface area contributed by atoms with Gasteiger partial charge in [-0.15, -0.1) is 12.4 Å². The van der Waals surface area contributed by atoms with Crippen molar-refractivity contribution in [2.75, 3.05) is 27.2 Å². The minimum atomic E-state index is 0. The van der Waals surface area contributed by atoms with E-state index in [1.165, 1.54) is 24.8 Å². The van der Waals surface area contributed by atoms with Gasteiger partial charge in [0, 0.05) is 24.6 Å². The largest absolute Gasteiger partial charge is 0.491 e. The lowest BCUT2D eigenvalue weighted by Crippen LogP contribution is -2.49. The predicted molar refractivity (Wildman–Crippen MR) is 103 cm³/mol. The summed E-state index contributed by atoms with van der Waals surface area (Å²) in [7, 11) is 4.12. The summed E-state index contributed by atoms with van der Waals surface area (Å²) in [6.07, 6.45) is 5.75. The van der Waals surface area contributed by atoms with Crippen molar-refractivity contribution >= 4 is 18.3 Å². The van der Waals surface area contributed by atoms with E-state index < -0.39 is 0 Å². The molecule has 1 atom stereocenters. The highest BCUT2D eigenvalue weighted by atomic mass is 35.5. The van der Waals surface area contributed by atoms with Gasteiger partial charge in [0.15, 0.2) is 0 Å². The summed E-state index contributed by atoms with van der Waals surface area (Å²) in [6, 6.07) is 6.40. The molecule has 3 rings (SSSR count). The molecule has 0 aromatic heterocycles. The summed E-state index contributed by atoms with van der Waals surface area (Å²) in [5.41, 5.74) is 2.36. The Morgan fingerprint density at radius 1 is 1.24 bits per heavy atom. The van der Waals surface area contributed by atoms with Crippen LogP contribution in [0.4, 0.5) is 0 Å². The number of hydrogen-bond donors (Lipinski definition) is 0. The lowest BCUT2D eigenvalue weighted by atomic mass is 9.88. The molecule has 0 bridgehead atoms. The number of fused-ring (bicyclic) bond motifs is 1. The normalized spacial score (nSPS) is 21.1. The van der Waals surface area contributed by atoms with Gasteiger partial charge in [0.05, 0.1) is 6.04 Å². The molecule has 5 heteroatoms. The average Bonchev–Trinajstić information content (AvgIpc) is 2.74. The van der Waals surface area contributed by atoms with Crippen molar-refractivity contribution in [3.8, 4) is 5.75 Å². The van der Waals surface area contributed by atoms with Gasteiger partial charge in [0.1, 0.15) is 12.4 Å². The molecule has 1 unspecified atom stereocenters. The Morgan fingerprint density at radius 2 is 1.96 bits per heavy atom. The minimum Gasteiger partial charge on any atom is -0.491 e. The van der Waals surface area contributed by atoms with Crippen molar-refractivity contribution in [2.45, 2.75) is 51.6 Å². The van der Waals surface area contributed by atoms with Crippen LogP contribution in [0.2, 0.25) is 0 Å². The zero-order valence-corrected chi connectivity index (χ0v) is 16.5. The summed E-state index contributed by atoms with van der Waals surface area (Å²) in [5, 5.41) is 0. The molecule has 1 amide bonds. The number of halogens is 1. The van der Waals surface area contributed by atoms with E-state index in [1.807, 2.05) is 6.07 Å². The molecule has 0 spiro atoms. The Bertz CT molecular complexity index is 585. The third kappa shape index (κ3) is 4.89. The number of benzene rings is 1. The smallest absolute Gasteiger partial charge is 0.226 e. The van der Waals surface area contributed by atoms with Gasteiger partial charge in [-0.05, 0) is 39.9 Å². The Labute approximate surface area is 157 Å². The molecule has 1 fully saturated rings. The van der Waals surface area contributed by atoms with Gasteiger partial charge in [0.25, 0.3) is 0 Å². The topological polar surface area (TPSA) is 32.8 Å². The van der Waals surface area contributed by atoms with Crippen LogP contribution in [0.15, 0.2) is 18.2 Å². The molecule has 0 radical (unpaired) electrons. The molecule has 1 heterocycles. The Kier molecular flexibility index (Phi) is 7.14. The Morgan fingerprint density at radius 3 is 2.64 bits per heavy atom. The first kappa shape index (κ1) is 20.1. The summed E-state index contributed by atoms with van der Waals surface area (Å²) in [5.74, 6) is 1.47. The number of nitrogens with zero attached hydrogens (tertiary/aromatic N) is 2. The van der Waals surface area contributed by atoms with E-state index in [-0.39, 0.29) is 24.4 Å². The van der Waals surface area contributed by atoms with Gasteiger partial charge in [-0.1, -0.05) is 37.0 Å². The van der Waals surface area contributed by atoms with Crippen molar-refractivity contribution in [3.05, 3.63) is 29.3 Å². The SMILES string of the molecule is Cc1ccc2c(c1)CN(C(=O)C1CCCCC1)C(CN(C)C)CO2.Cl. The van der Waals surface area contributed by atoms with Gasteiger partial charge in [-0.2, -0.15) is 0 Å². The standard InChI is InChI=1S/C20H30N2O2.ClH/c1-15-9-10-19-17(11-15)12-22(18(14-24-19)13-21(2)3)20(23)16-7-5-4-6-8-16;/h9-11,16,18H,4-8,12-14H2,1-3H3;1H. The maximum atomic E-state index is 13.2. The minimum absolute atomic E-state index is 0. The van der Waals surface area contributed by atoms with Crippen molar-refractivity contribution in [2.24, 2.45) is 5.92 Å². The molecule has 1 aromatic rings. The van der Waals surface area contributed by atoms with Crippen LogP contribution in [0.3, 0.4) is 0 Å². The first-order chi connectivity index (χ1) is 11.5. The fourth-order valence-electron chi connectivity index (χ4n) is 3.98. The van der Waals surface area contributed by atoms with Crippen LogP contribution in [-0.4, -0.2) is 49.0 Å². The molecular formula is C20H31ClN2O2. The second kappa shape index (κ2) is 8.91. The van der Waals surface area contributed by atoms with Crippen LogP contribution in [0, 0.1) is 12.8 Å². The lowest BCUT2D eigenvalue weighted by molar-refractivity contribution is -0.140. The fraction of sp³-hybridized carbons (Fsp3) is 0.650. The molecule has 1 saturated carbocycles. The van der Waals surface area contributed by atoms with E-state index >= 15 is 0 Å². The molecule has 4 nitrogen and oxygen atoms in total. The molecule has 0 saturated heterocycles. The molecular weight excluding hydrogens is 336 g/mol. The number of ether oxygens (including phenoxy) is 1. The van der Waals surface area contributed by atoms with Gasteiger partial charge in [0.2, 0.25) is 5.91 Å². The van der Waals surface area contributed by atoms with Crippen LogP contribution in [0.5, 0.6) is 5.75 Å². The number of carbonyl (C=O) groups is 1. The quantitative estimate of drug-likeness (QED) is 0.818. The second-order valence-electron chi connectivity index (χ2n) is 7.64. The second-order valence-corrected chi connectivity index (χ2v) is 7.64. The lowest BCUT2D eigenvalue weighted by Gasteiger charge is -2.35. The molecule has 2 aliphatic rings. The highest BCUT2D eigenvalue weighted by molar-refractivity contribution is 5.85. The van der Waals surface area contributed by atoms with Gasteiger partial charge >= 0.3 is 0 Å². The summed E-state index contributed by atoms with van der Waals surface area (Å²) >= 11 is 0. The summed E-state index contributed by atoms with van der Waals surface area (Å²) in [4.78, 5) is 17.5. The van der Waals surface area contributed by atoms with Crippen LogP contribution < -0.4 is 4.74 Å². The van der Waals surface area contributed by atoms with Crippen LogP contribution >= 0.6 is 12.4 Å². The highest BCUT2D eigenvalue weighted by Crippen LogP contribution is 2.31. The summed E-state index contributed by atoms with van der Waals surface area (Å²) < 4.78 is 6.06. The molecule has 1 aromatic carbocycles. The number of hydrogen-bond acceptors (Lipinski definition) is 3. The molecule has 0 N–H and O–H groups in total. The van der Waals surface area contributed by atoms with E-state index in [1.54, 1.807) is 0 Å². The van der Waals surface area contributed by atoms with Gasteiger partial charge in [-0.25, -0.2) is 0 Å². The van der Waals surface area contributed by atoms with E-state index in [0.717, 1.165) is 30.7 Å². The number of aryl methyl sites for hydroxylation is 1. The number of likely N-dealkylation sites (N-methyl/N-ethyl adjacent to an activating group) is 1. The van der Waals surface area contributed by atoms with E-state index in [9.17, 15) is 4.79 Å².